The Morgan fingerprint density at radius 3 is 2.55 bits per heavy atom. The first kappa shape index (κ1) is 21.6. The normalized spacial score (nSPS) is 28.5. The van der Waals surface area contributed by atoms with Crippen molar-refractivity contribution in [1.29, 1.82) is 0 Å². The van der Waals surface area contributed by atoms with Crippen LogP contribution in [0.1, 0.15) is 87.9 Å². The van der Waals surface area contributed by atoms with E-state index in [1.165, 1.54) is 57.8 Å². The summed E-state index contributed by atoms with van der Waals surface area (Å²) in [5, 5.41) is 1.35. The molecule has 1 unspecified atom stereocenters. The average Bonchev–Trinajstić information content (AvgIpc) is 3.21. The van der Waals surface area contributed by atoms with Gasteiger partial charge in [-0.2, -0.15) is 0 Å². The second-order valence-electron chi connectivity index (χ2n) is 11.4. The Hall–Kier alpha value is -1.91. The van der Waals surface area contributed by atoms with Crippen LogP contribution in [0.2, 0.25) is 0 Å². The molecule has 4 heteroatoms. The average molecular weight is 461 g/mol. The maximum absolute atomic E-state index is 6.93. The van der Waals surface area contributed by atoms with Gasteiger partial charge in [-0.15, -0.1) is 11.3 Å². The van der Waals surface area contributed by atoms with Crippen molar-refractivity contribution in [3.8, 4) is 0 Å². The lowest BCUT2D eigenvalue weighted by molar-refractivity contribution is -0.155. The number of hydrogen-bond acceptors (Lipinski definition) is 4. The van der Waals surface area contributed by atoms with Crippen LogP contribution in [0.25, 0.3) is 10.2 Å². The Morgan fingerprint density at radius 2 is 1.79 bits per heavy atom. The van der Waals surface area contributed by atoms with Crippen LogP contribution in [0.4, 0.5) is 5.69 Å². The molecule has 0 spiro atoms. The maximum atomic E-state index is 6.93. The molecule has 0 saturated heterocycles. The van der Waals surface area contributed by atoms with Gasteiger partial charge in [0.25, 0.3) is 0 Å². The predicted octanol–water partition coefficient (Wildman–Crippen LogP) is 7.73. The molecule has 1 aliphatic carbocycles. The summed E-state index contributed by atoms with van der Waals surface area (Å²) in [6.07, 6.45) is 6.33. The van der Waals surface area contributed by atoms with E-state index in [4.69, 9.17) is 9.72 Å². The summed E-state index contributed by atoms with van der Waals surface area (Å²) in [4.78, 5) is 7.68. The summed E-state index contributed by atoms with van der Waals surface area (Å²) in [5.41, 5.74) is 5.65. The standard InChI is InChI=1S/C29H36N2OS/c1-18(2)19-10-12-21(13-11-19)27-30-24-16-23-25(17-26(24)33-27)31-15-14-20-8-6-7-9-22(20)29(31,5)32-28(23,3)4/h6-9,16-19,21H,10-15H2,1-5H3. The molecular weight excluding hydrogens is 424 g/mol. The summed E-state index contributed by atoms with van der Waals surface area (Å²) in [6.45, 7) is 12.4. The highest BCUT2D eigenvalue weighted by atomic mass is 32.1. The van der Waals surface area contributed by atoms with Crippen LogP contribution in [0.3, 0.4) is 0 Å². The molecule has 1 fully saturated rings. The van der Waals surface area contributed by atoms with Crippen molar-refractivity contribution in [2.24, 2.45) is 11.8 Å². The van der Waals surface area contributed by atoms with Gasteiger partial charge in [0.05, 0.1) is 20.8 Å². The van der Waals surface area contributed by atoms with E-state index < -0.39 is 5.72 Å². The molecule has 3 aliphatic rings. The number of thiazole rings is 1. The molecule has 3 aromatic rings. The summed E-state index contributed by atoms with van der Waals surface area (Å²) < 4.78 is 8.25. The molecule has 0 amide bonds. The van der Waals surface area contributed by atoms with Gasteiger partial charge in [0, 0.05) is 29.3 Å². The number of nitrogens with zero attached hydrogens (tertiary/aromatic N) is 2. The third-order valence-corrected chi connectivity index (χ3v) is 9.80. The fourth-order valence-corrected chi connectivity index (χ4v) is 7.84. The van der Waals surface area contributed by atoms with Gasteiger partial charge in [-0.3, -0.25) is 0 Å². The summed E-state index contributed by atoms with van der Waals surface area (Å²) in [7, 11) is 0. The zero-order valence-corrected chi connectivity index (χ0v) is 21.5. The summed E-state index contributed by atoms with van der Waals surface area (Å²) in [6, 6.07) is 13.5. The van der Waals surface area contributed by atoms with Crippen LogP contribution >= 0.6 is 11.3 Å². The van der Waals surface area contributed by atoms with Crippen LogP contribution in [0.15, 0.2) is 36.4 Å². The molecule has 174 valence electrons. The fraction of sp³-hybridized carbons (Fsp3) is 0.552. The van der Waals surface area contributed by atoms with Gasteiger partial charge >= 0.3 is 0 Å². The van der Waals surface area contributed by atoms with Crippen molar-refractivity contribution in [3.05, 3.63) is 58.1 Å². The number of rotatable bonds is 2. The highest BCUT2D eigenvalue weighted by molar-refractivity contribution is 7.18. The summed E-state index contributed by atoms with van der Waals surface area (Å²) in [5.74, 6) is 2.32. The van der Waals surface area contributed by atoms with E-state index in [0.717, 1.165) is 30.3 Å². The Labute approximate surface area is 202 Å². The van der Waals surface area contributed by atoms with Crippen LogP contribution in [0, 0.1) is 11.8 Å². The second kappa shape index (κ2) is 7.55. The number of anilines is 1. The van der Waals surface area contributed by atoms with Crippen molar-refractivity contribution in [2.45, 2.75) is 84.0 Å². The largest absolute Gasteiger partial charge is 0.341 e. The van der Waals surface area contributed by atoms with Gasteiger partial charge in [-0.05, 0) is 82.4 Å². The molecule has 3 heterocycles. The van der Waals surface area contributed by atoms with Gasteiger partial charge in [-0.1, -0.05) is 38.1 Å². The highest BCUT2D eigenvalue weighted by Crippen LogP contribution is 2.53. The van der Waals surface area contributed by atoms with E-state index in [1.54, 1.807) is 0 Å². The second-order valence-corrected chi connectivity index (χ2v) is 12.5. The minimum atomic E-state index is -0.443. The minimum Gasteiger partial charge on any atom is -0.341 e. The molecule has 33 heavy (non-hydrogen) atoms. The first-order chi connectivity index (χ1) is 15.8. The Balaban J connectivity index is 1.40. The number of hydrogen-bond donors (Lipinski definition) is 0. The minimum absolute atomic E-state index is 0.377. The smallest absolute Gasteiger partial charge is 0.165 e. The van der Waals surface area contributed by atoms with E-state index in [-0.39, 0.29) is 5.60 Å². The molecule has 0 bridgehead atoms. The Kier molecular flexibility index (Phi) is 4.94. The van der Waals surface area contributed by atoms with Crippen LogP contribution in [-0.4, -0.2) is 11.5 Å². The lowest BCUT2D eigenvalue weighted by atomic mass is 9.77. The van der Waals surface area contributed by atoms with Crippen molar-refractivity contribution in [1.82, 2.24) is 4.98 Å². The zero-order chi connectivity index (χ0) is 23.0. The van der Waals surface area contributed by atoms with E-state index in [2.05, 4.69) is 75.9 Å². The molecule has 1 aromatic heterocycles. The quantitative estimate of drug-likeness (QED) is 0.391. The van der Waals surface area contributed by atoms with Gasteiger partial charge in [0.2, 0.25) is 0 Å². The molecule has 3 nitrogen and oxygen atoms in total. The third kappa shape index (κ3) is 3.36. The number of benzene rings is 2. The Morgan fingerprint density at radius 1 is 1.03 bits per heavy atom. The van der Waals surface area contributed by atoms with Crippen molar-refractivity contribution < 1.29 is 4.74 Å². The third-order valence-electron chi connectivity index (χ3n) is 8.62. The number of aromatic nitrogens is 1. The van der Waals surface area contributed by atoms with Crippen molar-refractivity contribution in [3.63, 3.8) is 0 Å². The lowest BCUT2D eigenvalue weighted by Gasteiger charge is -2.55. The number of fused-ring (bicyclic) bond motifs is 6. The first-order valence-corrected chi connectivity index (χ1v) is 13.6. The lowest BCUT2D eigenvalue weighted by Crippen LogP contribution is -2.57. The monoisotopic (exact) mass is 460 g/mol. The van der Waals surface area contributed by atoms with Crippen molar-refractivity contribution >= 4 is 27.2 Å². The fourth-order valence-electron chi connectivity index (χ4n) is 6.69. The number of ether oxygens (including phenoxy) is 1. The molecule has 2 aliphatic heterocycles. The van der Waals surface area contributed by atoms with E-state index >= 15 is 0 Å². The van der Waals surface area contributed by atoms with Gasteiger partial charge in [0.1, 0.15) is 0 Å². The van der Waals surface area contributed by atoms with Crippen LogP contribution in [0.5, 0.6) is 0 Å². The highest BCUT2D eigenvalue weighted by Gasteiger charge is 2.49. The Bertz CT molecular complexity index is 1200. The van der Waals surface area contributed by atoms with Gasteiger partial charge in [-0.25, -0.2) is 4.98 Å². The van der Waals surface area contributed by atoms with E-state index in [1.807, 2.05) is 11.3 Å². The van der Waals surface area contributed by atoms with Crippen LogP contribution < -0.4 is 4.90 Å². The molecule has 0 N–H and O–H groups in total. The molecule has 2 aromatic carbocycles. The molecule has 6 rings (SSSR count). The van der Waals surface area contributed by atoms with Gasteiger partial charge in [0.15, 0.2) is 5.72 Å². The van der Waals surface area contributed by atoms with Gasteiger partial charge < -0.3 is 9.64 Å². The predicted molar refractivity (Wildman–Crippen MR) is 138 cm³/mol. The van der Waals surface area contributed by atoms with Crippen molar-refractivity contribution in [2.75, 3.05) is 11.4 Å². The SMILES string of the molecule is CC(C)C1CCC(c2nc3cc4c(cc3s2)N2CCc3ccccc3C2(C)OC4(C)C)CC1. The first-order valence-electron chi connectivity index (χ1n) is 12.8. The maximum Gasteiger partial charge on any atom is 0.165 e. The van der Waals surface area contributed by atoms with E-state index in [9.17, 15) is 0 Å². The van der Waals surface area contributed by atoms with E-state index in [0.29, 0.717) is 5.92 Å². The van der Waals surface area contributed by atoms with Crippen LogP contribution in [-0.2, 0) is 22.5 Å². The summed E-state index contributed by atoms with van der Waals surface area (Å²) >= 11 is 1.93. The molecule has 1 atom stereocenters. The molecular formula is C29H36N2OS. The molecule has 1 saturated carbocycles. The molecule has 0 radical (unpaired) electrons. The topological polar surface area (TPSA) is 25.4 Å². The zero-order valence-electron chi connectivity index (χ0n) is 20.6.